The quantitative estimate of drug-likeness (QED) is 0.697. The summed E-state index contributed by atoms with van der Waals surface area (Å²) in [4.78, 5) is 13.9. The maximum atomic E-state index is 11.9. The topological polar surface area (TPSA) is 44.4 Å². The number of carbonyl (C=O) groups excluding carboxylic acids is 1. The summed E-state index contributed by atoms with van der Waals surface area (Å²) in [5.41, 5.74) is 0. The molecule has 2 N–H and O–H groups in total. The Morgan fingerprint density at radius 1 is 1.33 bits per heavy atom. The maximum absolute atomic E-state index is 11.9. The fourth-order valence-corrected chi connectivity index (χ4v) is 2.07. The van der Waals surface area contributed by atoms with Gasteiger partial charge in [0.05, 0.1) is 0 Å². The summed E-state index contributed by atoms with van der Waals surface area (Å²) in [7, 11) is 0. The molecule has 2 aliphatic rings. The molecule has 0 aromatic rings. The first-order valence-corrected chi connectivity index (χ1v) is 5.48. The SMILES string of the molecule is C[C@@H]1CNCCN1C(=O)CC1CNC1.Cl. The van der Waals surface area contributed by atoms with Gasteiger partial charge in [0, 0.05) is 32.1 Å². The summed E-state index contributed by atoms with van der Waals surface area (Å²) in [5.74, 6) is 0.926. The molecule has 0 bridgehead atoms. The molecule has 2 heterocycles. The van der Waals surface area contributed by atoms with Crippen LogP contribution in [0.3, 0.4) is 0 Å². The number of nitrogens with one attached hydrogen (secondary N) is 2. The molecule has 88 valence electrons. The van der Waals surface area contributed by atoms with Gasteiger partial charge in [-0.05, 0) is 25.9 Å². The van der Waals surface area contributed by atoms with Crippen LogP contribution in [0.25, 0.3) is 0 Å². The van der Waals surface area contributed by atoms with Gasteiger partial charge in [0.2, 0.25) is 5.91 Å². The van der Waals surface area contributed by atoms with Crippen molar-refractivity contribution in [1.29, 1.82) is 0 Å². The van der Waals surface area contributed by atoms with E-state index in [4.69, 9.17) is 0 Å². The Bertz CT molecular complexity index is 221. The van der Waals surface area contributed by atoms with Gasteiger partial charge in [-0.15, -0.1) is 12.4 Å². The van der Waals surface area contributed by atoms with Gasteiger partial charge in [0.15, 0.2) is 0 Å². The molecule has 0 aromatic carbocycles. The van der Waals surface area contributed by atoms with E-state index in [9.17, 15) is 4.79 Å². The van der Waals surface area contributed by atoms with E-state index in [-0.39, 0.29) is 12.4 Å². The number of piperazine rings is 1. The molecule has 0 unspecified atom stereocenters. The number of halogens is 1. The van der Waals surface area contributed by atoms with Crippen LogP contribution in [0.2, 0.25) is 0 Å². The van der Waals surface area contributed by atoms with Gasteiger partial charge < -0.3 is 15.5 Å². The Hall–Kier alpha value is -0.320. The molecule has 5 heteroatoms. The van der Waals surface area contributed by atoms with Gasteiger partial charge in [-0.3, -0.25) is 4.79 Å². The lowest BCUT2D eigenvalue weighted by Crippen LogP contribution is -2.54. The maximum Gasteiger partial charge on any atom is 0.223 e. The van der Waals surface area contributed by atoms with E-state index in [0.29, 0.717) is 17.9 Å². The monoisotopic (exact) mass is 233 g/mol. The summed E-state index contributed by atoms with van der Waals surface area (Å²) in [5, 5.41) is 6.49. The van der Waals surface area contributed by atoms with Crippen molar-refractivity contribution in [2.24, 2.45) is 5.92 Å². The minimum atomic E-state index is 0. The van der Waals surface area contributed by atoms with Crippen LogP contribution in [0.1, 0.15) is 13.3 Å². The van der Waals surface area contributed by atoms with Crippen LogP contribution < -0.4 is 10.6 Å². The van der Waals surface area contributed by atoms with E-state index in [1.807, 2.05) is 4.90 Å². The van der Waals surface area contributed by atoms with Crippen molar-refractivity contribution in [1.82, 2.24) is 15.5 Å². The molecule has 15 heavy (non-hydrogen) atoms. The zero-order valence-electron chi connectivity index (χ0n) is 9.16. The molecule has 0 saturated carbocycles. The largest absolute Gasteiger partial charge is 0.337 e. The molecule has 0 radical (unpaired) electrons. The molecule has 1 atom stereocenters. The van der Waals surface area contributed by atoms with Crippen LogP contribution in [0.15, 0.2) is 0 Å². The Morgan fingerprint density at radius 3 is 2.60 bits per heavy atom. The first-order chi connectivity index (χ1) is 6.77. The molecule has 0 aromatic heterocycles. The smallest absolute Gasteiger partial charge is 0.223 e. The van der Waals surface area contributed by atoms with Gasteiger partial charge in [0.25, 0.3) is 0 Å². The Morgan fingerprint density at radius 2 is 2.07 bits per heavy atom. The average molecular weight is 234 g/mol. The zero-order valence-corrected chi connectivity index (χ0v) is 9.98. The van der Waals surface area contributed by atoms with Gasteiger partial charge in [-0.1, -0.05) is 0 Å². The van der Waals surface area contributed by atoms with Crippen molar-refractivity contribution in [3.05, 3.63) is 0 Å². The van der Waals surface area contributed by atoms with Crippen LogP contribution in [0, 0.1) is 5.92 Å². The predicted octanol–water partition coefficient (Wildman–Crippen LogP) is -0.162. The lowest BCUT2D eigenvalue weighted by Gasteiger charge is -2.36. The fraction of sp³-hybridized carbons (Fsp3) is 0.900. The fourth-order valence-electron chi connectivity index (χ4n) is 2.07. The highest BCUT2D eigenvalue weighted by Crippen LogP contribution is 2.13. The van der Waals surface area contributed by atoms with Gasteiger partial charge in [0.1, 0.15) is 0 Å². The predicted molar refractivity (Wildman–Crippen MR) is 62.3 cm³/mol. The van der Waals surface area contributed by atoms with E-state index in [1.165, 1.54) is 0 Å². The van der Waals surface area contributed by atoms with Crippen molar-refractivity contribution in [2.45, 2.75) is 19.4 Å². The Kier molecular flexibility index (Phi) is 4.83. The summed E-state index contributed by atoms with van der Waals surface area (Å²) < 4.78 is 0. The van der Waals surface area contributed by atoms with Gasteiger partial charge >= 0.3 is 0 Å². The van der Waals surface area contributed by atoms with Crippen molar-refractivity contribution in [3.8, 4) is 0 Å². The van der Waals surface area contributed by atoms with E-state index in [1.54, 1.807) is 0 Å². The van der Waals surface area contributed by atoms with Crippen LogP contribution in [0.5, 0.6) is 0 Å². The summed E-state index contributed by atoms with van der Waals surface area (Å²) >= 11 is 0. The third-order valence-electron chi connectivity index (χ3n) is 3.15. The number of carbonyl (C=O) groups is 1. The highest BCUT2D eigenvalue weighted by atomic mass is 35.5. The van der Waals surface area contributed by atoms with Crippen molar-refractivity contribution in [3.63, 3.8) is 0 Å². The molecule has 2 fully saturated rings. The highest BCUT2D eigenvalue weighted by Gasteiger charge is 2.27. The van der Waals surface area contributed by atoms with Crippen molar-refractivity contribution >= 4 is 18.3 Å². The molecule has 0 aliphatic carbocycles. The second-order valence-corrected chi connectivity index (χ2v) is 4.37. The highest BCUT2D eigenvalue weighted by molar-refractivity contribution is 5.85. The van der Waals surface area contributed by atoms with Gasteiger partial charge in [-0.2, -0.15) is 0 Å². The van der Waals surface area contributed by atoms with E-state index in [2.05, 4.69) is 17.6 Å². The molecular formula is C10H20ClN3O. The standard InChI is InChI=1S/C10H19N3O.ClH/c1-8-5-11-2-3-13(8)10(14)4-9-6-12-7-9;/h8-9,11-12H,2-7H2,1H3;1H/t8-;/m1./s1. The van der Waals surface area contributed by atoms with E-state index >= 15 is 0 Å². The normalized spacial score (nSPS) is 26.7. The average Bonchev–Trinajstić information content (AvgIpc) is 2.12. The third-order valence-corrected chi connectivity index (χ3v) is 3.15. The first-order valence-electron chi connectivity index (χ1n) is 5.48. The molecule has 1 amide bonds. The molecule has 2 saturated heterocycles. The van der Waals surface area contributed by atoms with Crippen LogP contribution in [-0.4, -0.2) is 49.6 Å². The van der Waals surface area contributed by atoms with Crippen molar-refractivity contribution < 1.29 is 4.79 Å². The minimum Gasteiger partial charge on any atom is -0.337 e. The summed E-state index contributed by atoms with van der Waals surface area (Å²) in [6, 6.07) is 0.365. The van der Waals surface area contributed by atoms with E-state index < -0.39 is 0 Å². The number of hydrogen-bond donors (Lipinski definition) is 2. The lowest BCUT2D eigenvalue weighted by molar-refractivity contribution is -0.135. The minimum absolute atomic E-state index is 0. The third kappa shape index (κ3) is 3.06. The Labute approximate surface area is 97.2 Å². The molecule has 2 aliphatic heterocycles. The summed E-state index contributed by atoms with van der Waals surface area (Å²) in [6.45, 7) is 6.91. The van der Waals surface area contributed by atoms with E-state index in [0.717, 1.165) is 39.1 Å². The summed E-state index contributed by atoms with van der Waals surface area (Å²) in [6.07, 6.45) is 0.733. The second kappa shape index (κ2) is 5.68. The number of rotatable bonds is 2. The Balaban J connectivity index is 0.00000112. The molecule has 4 nitrogen and oxygen atoms in total. The zero-order chi connectivity index (χ0) is 9.97. The molecular weight excluding hydrogens is 214 g/mol. The first kappa shape index (κ1) is 12.7. The number of hydrogen-bond acceptors (Lipinski definition) is 3. The van der Waals surface area contributed by atoms with Crippen LogP contribution >= 0.6 is 12.4 Å². The number of nitrogens with zero attached hydrogens (tertiary/aromatic N) is 1. The second-order valence-electron chi connectivity index (χ2n) is 4.37. The van der Waals surface area contributed by atoms with Crippen LogP contribution in [0.4, 0.5) is 0 Å². The van der Waals surface area contributed by atoms with Gasteiger partial charge in [-0.25, -0.2) is 0 Å². The molecule has 2 rings (SSSR count). The number of amides is 1. The van der Waals surface area contributed by atoms with Crippen LogP contribution in [-0.2, 0) is 4.79 Å². The lowest BCUT2D eigenvalue weighted by atomic mass is 9.98. The molecule has 0 spiro atoms. The van der Waals surface area contributed by atoms with Crippen molar-refractivity contribution in [2.75, 3.05) is 32.7 Å².